The van der Waals surface area contributed by atoms with Gasteiger partial charge in [0.25, 0.3) is 0 Å². The molecular weight excluding hydrogens is 400 g/mol. The maximum absolute atomic E-state index is 12.5. The van der Waals surface area contributed by atoms with Crippen LogP contribution in [0.1, 0.15) is 24.3 Å². The second-order valence-electron chi connectivity index (χ2n) is 7.48. The molecule has 1 saturated heterocycles. The van der Waals surface area contributed by atoms with Gasteiger partial charge in [0.1, 0.15) is 0 Å². The van der Waals surface area contributed by atoms with Gasteiger partial charge in [0, 0.05) is 32.6 Å². The first-order chi connectivity index (χ1) is 14.7. The summed E-state index contributed by atoms with van der Waals surface area (Å²) in [5, 5.41) is 8.87. The number of aryl methyl sites for hydroxylation is 1. The van der Waals surface area contributed by atoms with Crippen LogP contribution in [0, 0.1) is 0 Å². The average molecular weight is 425 g/mol. The van der Waals surface area contributed by atoms with E-state index in [1.807, 2.05) is 41.3 Å². The molecule has 1 aliphatic rings. The zero-order valence-corrected chi connectivity index (χ0v) is 17.6. The molecule has 0 atom stereocenters. The van der Waals surface area contributed by atoms with Gasteiger partial charge in [-0.05, 0) is 30.5 Å². The number of hydrogen-bond acceptors (Lipinski definition) is 5. The molecule has 2 aromatic carbocycles. The highest BCUT2D eigenvalue weighted by atomic mass is 35.5. The Morgan fingerprint density at radius 1 is 0.967 bits per heavy atom. The molecule has 0 aliphatic carbocycles. The summed E-state index contributed by atoms with van der Waals surface area (Å²) in [4.78, 5) is 16.7. The molecule has 30 heavy (non-hydrogen) atoms. The van der Waals surface area contributed by atoms with E-state index >= 15 is 0 Å². The van der Waals surface area contributed by atoms with Crippen LogP contribution in [0.5, 0.6) is 0 Å². The molecule has 1 aliphatic heterocycles. The van der Waals surface area contributed by atoms with Gasteiger partial charge in [-0.25, -0.2) is 0 Å². The lowest BCUT2D eigenvalue weighted by molar-refractivity contribution is -0.133. The Hall–Kier alpha value is -2.70. The predicted molar refractivity (Wildman–Crippen MR) is 116 cm³/mol. The first kappa shape index (κ1) is 20.6. The molecule has 0 radical (unpaired) electrons. The van der Waals surface area contributed by atoms with Crippen LogP contribution < -0.4 is 0 Å². The lowest BCUT2D eigenvalue weighted by atomic mass is 10.1. The number of carbonyl (C=O) groups is 1. The van der Waals surface area contributed by atoms with Crippen molar-refractivity contribution >= 4 is 17.5 Å². The topological polar surface area (TPSA) is 62.5 Å². The average Bonchev–Trinajstić information content (AvgIpc) is 3.23. The molecule has 0 N–H and O–H groups in total. The molecule has 0 spiro atoms. The Balaban J connectivity index is 1.22. The van der Waals surface area contributed by atoms with Crippen molar-refractivity contribution in [1.82, 2.24) is 20.0 Å². The molecule has 1 amide bonds. The first-order valence-electron chi connectivity index (χ1n) is 10.3. The normalized spacial score (nSPS) is 14.8. The lowest BCUT2D eigenvalue weighted by Crippen LogP contribution is -2.48. The second kappa shape index (κ2) is 9.87. The highest BCUT2D eigenvalue weighted by molar-refractivity contribution is 6.33. The van der Waals surface area contributed by atoms with E-state index < -0.39 is 0 Å². The molecule has 2 heterocycles. The number of benzene rings is 2. The van der Waals surface area contributed by atoms with E-state index in [2.05, 4.69) is 27.2 Å². The van der Waals surface area contributed by atoms with Crippen molar-refractivity contribution < 1.29 is 9.21 Å². The Morgan fingerprint density at radius 2 is 1.70 bits per heavy atom. The van der Waals surface area contributed by atoms with Crippen LogP contribution in [-0.2, 0) is 17.8 Å². The van der Waals surface area contributed by atoms with Crippen LogP contribution in [0.4, 0.5) is 0 Å². The van der Waals surface area contributed by atoms with E-state index in [9.17, 15) is 4.79 Å². The molecule has 1 aromatic heterocycles. The lowest BCUT2D eigenvalue weighted by Gasteiger charge is -2.34. The predicted octanol–water partition coefficient (Wildman–Crippen LogP) is 4.06. The summed E-state index contributed by atoms with van der Waals surface area (Å²) >= 11 is 6.20. The number of aromatic nitrogens is 2. The molecule has 0 saturated carbocycles. The van der Waals surface area contributed by atoms with Gasteiger partial charge in [-0.3, -0.25) is 9.69 Å². The molecule has 7 heteroatoms. The molecule has 0 bridgehead atoms. The molecule has 6 nitrogen and oxygen atoms in total. The first-order valence-corrected chi connectivity index (χ1v) is 10.7. The third-order valence-corrected chi connectivity index (χ3v) is 5.68. The summed E-state index contributed by atoms with van der Waals surface area (Å²) < 4.78 is 5.79. The van der Waals surface area contributed by atoms with Crippen molar-refractivity contribution in [3.63, 3.8) is 0 Å². The summed E-state index contributed by atoms with van der Waals surface area (Å²) in [5.74, 6) is 1.24. The quantitative estimate of drug-likeness (QED) is 0.572. The van der Waals surface area contributed by atoms with Gasteiger partial charge in [0.15, 0.2) is 0 Å². The minimum Gasteiger partial charge on any atom is -0.419 e. The number of halogens is 1. The Kier molecular flexibility index (Phi) is 6.77. The van der Waals surface area contributed by atoms with Gasteiger partial charge in [0.2, 0.25) is 17.7 Å². The van der Waals surface area contributed by atoms with E-state index in [0.29, 0.717) is 29.8 Å². The Bertz CT molecular complexity index is 968. The zero-order chi connectivity index (χ0) is 20.8. The molecule has 3 aromatic rings. The number of amides is 1. The van der Waals surface area contributed by atoms with Gasteiger partial charge < -0.3 is 9.32 Å². The minimum absolute atomic E-state index is 0.240. The van der Waals surface area contributed by atoms with Gasteiger partial charge >= 0.3 is 0 Å². The molecule has 4 rings (SSSR count). The van der Waals surface area contributed by atoms with Crippen molar-refractivity contribution in [2.45, 2.75) is 25.8 Å². The van der Waals surface area contributed by atoms with Gasteiger partial charge in [-0.15, -0.1) is 10.2 Å². The van der Waals surface area contributed by atoms with Gasteiger partial charge in [-0.1, -0.05) is 54.1 Å². The summed E-state index contributed by atoms with van der Waals surface area (Å²) in [5.41, 5.74) is 2.02. The highest BCUT2D eigenvalue weighted by Gasteiger charge is 2.22. The van der Waals surface area contributed by atoms with Crippen LogP contribution in [0.25, 0.3) is 11.5 Å². The van der Waals surface area contributed by atoms with E-state index in [4.69, 9.17) is 16.0 Å². The van der Waals surface area contributed by atoms with Crippen molar-refractivity contribution in [1.29, 1.82) is 0 Å². The van der Waals surface area contributed by atoms with Crippen molar-refractivity contribution in [2.75, 3.05) is 26.2 Å². The fraction of sp³-hybridized carbons (Fsp3) is 0.348. The molecule has 156 valence electrons. The SMILES string of the molecule is O=C(CCCc1ccccc1)N1CCN(Cc2nnc(-c3ccccc3Cl)o2)CC1. The van der Waals surface area contributed by atoms with Crippen LogP contribution >= 0.6 is 11.6 Å². The third kappa shape index (κ3) is 5.26. The molecule has 0 unspecified atom stereocenters. The van der Waals surface area contributed by atoms with Crippen molar-refractivity contribution in [2.24, 2.45) is 0 Å². The van der Waals surface area contributed by atoms with Crippen LogP contribution in [0.2, 0.25) is 5.02 Å². The van der Waals surface area contributed by atoms with Gasteiger partial charge in [0.05, 0.1) is 17.1 Å². The second-order valence-corrected chi connectivity index (χ2v) is 7.88. The van der Waals surface area contributed by atoms with Crippen LogP contribution in [-0.4, -0.2) is 52.1 Å². The van der Waals surface area contributed by atoms with Crippen LogP contribution in [0.15, 0.2) is 59.0 Å². The standard InChI is InChI=1S/C23H25ClN4O2/c24-20-11-5-4-10-19(20)23-26-25-21(30-23)17-27-13-15-28(16-14-27)22(29)12-6-9-18-7-2-1-3-8-18/h1-5,7-8,10-11H,6,9,12-17H2. The van der Waals surface area contributed by atoms with Crippen molar-refractivity contribution in [3.05, 3.63) is 71.1 Å². The summed E-state index contributed by atoms with van der Waals surface area (Å²) in [6.45, 7) is 3.64. The molecule has 1 fully saturated rings. The maximum atomic E-state index is 12.5. The van der Waals surface area contributed by atoms with E-state index in [0.717, 1.165) is 44.6 Å². The summed E-state index contributed by atoms with van der Waals surface area (Å²) in [6, 6.07) is 17.7. The van der Waals surface area contributed by atoms with Crippen LogP contribution in [0.3, 0.4) is 0 Å². The largest absolute Gasteiger partial charge is 0.419 e. The smallest absolute Gasteiger partial charge is 0.249 e. The summed E-state index contributed by atoms with van der Waals surface area (Å²) in [7, 11) is 0. The fourth-order valence-corrected chi connectivity index (χ4v) is 3.87. The number of piperazine rings is 1. The fourth-order valence-electron chi connectivity index (χ4n) is 3.65. The van der Waals surface area contributed by atoms with E-state index in [1.54, 1.807) is 6.07 Å². The van der Waals surface area contributed by atoms with E-state index in [-0.39, 0.29) is 5.91 Å². The van der Waals surface area contributed by atoms with E-state index in [1.165, 1.54) is 5.56 Å². The zero-order valence-electron chi connectivity index (χ0n) is 16.8. The number of nitrogens with zero attached hydrogens (tertiary/aromatic N) is 4. The Labute approximate surface area is 181 Å². The van der Waals surface area contributed by atoms with Gasteiger partial charge in [-0.2, -0.15) is 0 Å². The van der Waals surface area contributed by atoms with Crippen molar-refractivity contribution in [3.8, 4) is 11.5 Å². The Morgan fingerprint density at radius 3 is 2.47 bits per heavy atom. The summed E-state index contributed by atoms with van der Waals surface area (Å²) in [6.07, 6.45) is 2.42. The number of carbonyl (C=O) groups excluding carboxylic acids is 1. The highest BCUT2D eigenvalue weighted by Crippen LogP contribution is 2.26. The number of rotatable bonds is 7. The number of hydrogen-bond donors (Lipinski definition) is 0. The monoisotopic (exact) mass is 424 g/mol. The minimum atomic E-state index is 0.240. The maximum Gasteiger partial charge on any atom is 0.249 e. The third-order valence-electron chi connectivity index (χ3n) is 5.35. The molecular formula is C23H25ClN4O2.